The highest BCUT2D eigenvalue weighted by Gasteiger charge is 2.97. The summed E-state index contributed by atoms with van der Waals surface area (Å²) in [5.41, 5.74) is -9.47. The third kappa shape index (κ3) is 3.65. The van der Waals surface area contributed by atoms with Crippen LogP contribution in [0.25, 0.3) is 0 Å². The number of rotatable bonds is 6. The minimum Gasteiger partial charge on any atom is -0.469 e. The molecular formula is C35H44O16. The largest absolute Gasteiger partial charge is 0.469 e. The van der Waals surface area contributed by atoms with Crippen LogP contribution in [-0.4, -0.2) is 126 Å². The fourth-order valence-electron chi connectivity index (χ4n) is 12.2. The summed E-state index contributed by atoms with van der Waals surface area (Å²) >= 11 is 0. The maximum absolute atomic E-state index is 14.2. The highest BCUT2D eigenvalue weighted by molar-refractivity contribution is 5.88. The fourth-order valence-corrected chi connectivity index (χ4v) is 12.2. The molecule has 16 atom stereocenters. The number of allylic oxidation sites excluding steroid dienone is 1. The average molecular weight is 721 g/mol. The quantitative estimate of drug-likeness (QED) is 0.140. The van der Waals surface area contributed by atoms with E-state index in [9.17, 15) is 34.5 Å². The van der Waals surface area contributed by atoms with E-state index in [0.717, 1.165) is 14.2 Å². The van der Waals surface area contributed by atoms with E-state index >= 15 is 0 Å². The van der Waals surface area contributed by atoms with Gasteiger partial charge in [0.25, 0.3) is 5.79 Å². The van der Waals surface area contributed by atoms with E-state index in [-0.39, 0.29) is 18.4 Å². The summed E-state index contributed by atoms with van der Waals surface area (Å²) in [4.78, 5) is 54.4. The van der Waals surface area contributed by atoms with E-state index in [1.807, 2.05) is 0 Å². The van der Waals surface area contributed by atoms with Crippen molar-refractivity contribution in [2.24, 2.45) is 34.0 Å². The summed E-state index contributed by atoms with van der Waals surface area (Å²) in [5, 5.41) is 37.4. The molecule has 3 N–H and O–H groups in total. The number of aliphatic hydroxyl groups is 3. The van der Waals surface area contributed by atoms with Crippen molar-refractivity contribution in [3.63, 3.8) is 0 Å². The van der Waals surface area contributed by atoms with Crippen LogP contribution in [0.1, 0.15) is 47.5 Å². The molecule has 16 nitrogen and oxygen atoms in total. The van der Waals surface area contributed by atoms with E-state index < -0.39 is 130 Å². The van der Waals surface area contributed by atoms with E-state index in [1.165, 1.54) is 19.3 Å². The Kier molecular flexibility index (Phi) is 7.20. The maximum atomic E-state index is 14.2. The number of hydrogen-bond donors (Lipinski definition) is 3. The number of carbonyl (C=O) groups is 4. The van der Waals surface area contributed by atoms with E-state index in [1.54, 1.807) is 33.8 Å². The molecule has 8 rings (SSSR count). The molecule has 16 heteroatoms. The lowest BCUT2D eigenvalue weighted by Gasteiger charge is -2.65. The van der Waals surface area contributed by atoms with Crippen molar-refractivity contribution in [2.45, 2.75) is 107 Å². The van der Waals surface area contributed by atoms with Crippen LogP contribution < -0.4 is 0 Å². The van der Waals surface area contributed by atoms with Crippen LogP contribution in [0.4, 0.5) is 0 Å². The van der Waals surface area contributed by atoms with Crippen LogP contribution >= 0.6 is 0 Å². The SMILES string of the molecule is CC=C(C)C(=O)O[C@@H]1C[C@@H](OC(C)=O)[C@@]2(C(=O)OC)CO[C@H]3[C@@H](O)[C@@](C)([C@]45O[C@@]4(C)[C@H]4C[C@@H]5O[C@@H]5OC=C[C@@]54O)[C@H]4[C@]1(CO[C@]4(O)C(=O)OC)[C@@H]32. The van der Waals surface area contributed by atoms with Gasteiger partial charge in [-0.2, -0.15) is 0 Å². The van der Waals surface area contributed by atoms with Gasteiger partial charge in [-0.05, 0) is 33.3 Å². The van der Waals surface area contributed by atoms with Gasteiger partial charge in [0.2, 0.25) is 6.29 Å². The van der Waals surface area contributed by atoms with Gasteiger partial charge in [-0.25, -0.2) is 9.59 Å². The van der Waals surface area contributed by atoms with Crippen molar-refractivity contribution >= 4 is 23.9 Å². The normalized spacial score (nSPS) is 53.9. The molecule has 1 spiro atoms. The van der Waals surface area contributed by atoms with Gasteiger partial charge in [-0.15, -0.1) is 0 Å². The zero-order valence-corrected chi connectivity index (χ0v) is 29.4. The topological polar surface area (TPSA) is 215 Å². The zero-order chi connectivity index (χ0) is 36.9. The third-order valence-electron chi connectivity index (χ3n) is 14.1. The predicted molar refractivity (Wildman–Crippen MR) is 164 cm³/mol. The zero-order valence-electron chi connectivity index (χ0n) is 29.4. The molecule has 51 heavy (non-hydrogen) atoms. The lowest BCUT2D eigenvalue weighted by atomic mass is 9.37. The van der Waals surface area contributed by atoms with Gasteiger partial charge in [-0.1, -0.05) is 13.0 Å². The first kappa shape index (κ1) is 34.9. The molecular weight excluding hydrogens is 676 g/mol. The molecule has 8 aliphatic rings. The summed E-state index contributed by atoms with van der Waals surface area (Å²) in [6.07, 6.45) is -3.11. The number of esters is 4. The molecule has 0 amide bonds. The standard InChI is InChI=1S/C35H44O16/c1-8-15(2)24(38)49-18-12-19(48-16(3)36)32(26(39)43-6)13-46-21-22(32)31(18)14-47-34(42,27(40)44-7)25(31)29(4,23(21)37)35-20-11-17(30(35,5)51-35)33(41)9-10-45-28(33)50-20/h8-10,17-23,25,28,37,41-42H,11-14H2,1-7H3/t17-,18-,19-,20+,21-,22-,23-,25+,28+,29-,30+,31+,32+,33+,34+,35+/m1/s1. The minimum atomic E-state index is -2.82. The average Bonchev–Trinajstić information content (AvgIpc) is 3.47. The second kappa shape index (κ2) is 10.5. The van der Waals surface area contributed by atoms with Crippen LogP contribution in [0, 0.1) is 34.0 Å². The third-order valence-corrected chi connectivity index (χ3v) is 14.1. The lowest BCUT2D eigenvalue weighted by Crippen LogP contribution is -2.79. The van der Waals surface area contributed by atoms with Gasteiger partial charge in [0.1, 0.15) is 28.8 Å². The van der Waals surface area contributed by atoms with Gasteiger partial charge in [0.05, 0.1) is 52.0 Å². The Morgan fingerprint density at radius 1 is 0.961 bits per heavy atom. The molecule has 0 aromatic carbocycles. The molecule has 3 aliphatic carbocycles. The van der Waals surface area contributed by atoms with E-state index in [0.29, 0.717) is 0 Å². The first-order valence-corrected chi connectivity index (χ1v) is 17.2. The van der Waals surface area contributed by atoms with Gasteiger partial charge in [0, 0.05) is 47.5 Å². The van der Waals surface area contributed by atoms with E-state index in [4.69, 9.17) is 42.6 Å². The van der Waals surface area contributed by atoms with Crippen molar-refractivity contribution in [1.29, 1.82) is 0 Å². The molecule has 0 aromatic rings. The molecule has 2 bridgehead atoms. The van der Waals surface area contributed by atoms with Crippen molar-refractivity contribution in [3.8, 4) is 0 Å². The van der Waals surface area contributed by atoms with Crippen molar-refractivity contribution < 1.29 is 77.1 Å². The molecule has 3 saturated carbocycles. The van der Waals surface area contributed by atoms with Gasteiger partial charge >= 0.3 is 23.9 Å². The smallest absolute Gasteiger partial charge is 0.366 e. The summed E-state index contributed by atoms with van der Waals surface area (Å²) < 4.78 is 54.0. The van der Waals surface area contributed by atoms with Gasteiger partial charge in [0.15, 0.2) is 5.60 Å². The van der Waals surface area contributed by atoms with Crippen LogP contribution in [-0.2, 0) is 61.8 Å². The molecule has 280 valence electrons. The van der Waals surface area contributed by atoms with Crippen LogP contribution in [0.5, 0.6) is 0 Å². The van der Waals surface area contributed by atoms with Crippen LogP contribution in [0.3, 0.4) is 0 Å². The highest BCUT2D eigenvalue weighted by Crippen LogP contribution is 2.83. The van der Waals surface area contributed by atoms with Crippen LogP contribution in [0.2, 0.25) is 0 Å². The van der Waals surface area contributed by atoms with Crippen molar-refractivity contribution in [1.82, 2.24) is 0 Å². The molecule has 4 saturated heterocycles. The Morgan fingerprint density at radius 2 is 1.67 bits per heavy atom. The van der Waals surface area contributed by atoms with E-state index in [2.05, 4.69) is 0 Å². The molecule has 5 aliphatic heterocycles. The first-order valence-electron chi connectivity index (χ1n) is 17.2. The molecule has 0 radical (unpaired) electrons. The van der Waals surface area contributed by atoms with Crippen LogP contribution in [0.15, 0.2) is 24.0 Å². The summed E-state index contributed by atoms with van der Waals surface area (Å²) in [5.74, 6) is -9.76. The number of hydrogen-bond acceptors (Lipinski definition) is 16. The molecule has 7 fully saturated rings. The second-order valence-electron chi connectivity index (χ2n) is 15.8. The first-order chi connectivity index (χ1) is 23.9. The summed E-state index contributed by atoms with van der Waals surface area (Å²) in [6, 6.07) is 0. The molecule has 0 aromatic heterocycles. The Morgan fingerprint density at radius 3 is 2.31 bits per heavy atom. The number of epoxide rings is 1. The maximum Gasteiger partial charge on any atom is 0.366 e. The number of carbonyl (C=O) groups excluding carboxylic acids is 4. The van der Waals surface area contributed by atoms with Gasteiger partial charge < -0.3 is 58.0 Å². The Labute approximate surface area is 293 Å². The fraction of sp³-hybridized carbons (Fsp3) is 0.771. The monoisotopic (exact) mass is 720 g/mol. The molecule has 5 heterocycles. The van der Waals surface area contributed by atoms with Gasteiger partial charge in [-0.3, -0.25) is 9.59 Å². The molecule has 0 unspecified atom stereocenters. The lowest BCUT2D eigenvalue weighted by molar-refractivity contribution is -0.314. The number of methoxy groups -OCH3 is 2. The number of ether oxygens (including phenoxy) is 9. The number of fused-ring (bicyclic) bond motifs is 7. The minimum absolute atomic E-state index is 0.235. The summed E-state index contributed by atoms with van der Waals surface area (Å²) in [6.45, 7) is 6.88. The Hall–Kier alpha value is -3.12. The number of aliphatic hydroxyl groups excluding tert-OH is 1. The second-order valence-corrected chi connectivity index (χ2v) is 15.8. The van der Waals surface area contributed by atoms with Crippen molar-refractivity contribution in [3.05, 3.63) is 24.0 Å². The Balaban J connectivity index is 1.40. The van der Waals surface area contributed by atoms with Crippen molar-refractivity contribution in [2.75, 3.05) is 27.4 Å². The predicted octanol–water partition coefficient (Wildman–Crippen LogP) is -0.203. The Bertz CT molecular complexity index is 1660. The highest BCUT2D eigenvalue weighted by atomic mass is 16.7. The summed E-state index contributed by atoms with van der Waals surface area (Å²) in [7, 11) is 2.23.